The highest BCUT2D eigenvalue weighted by molar-refractivity contribution is 7.99. The minimum atomic E-state index is -1.17. The van der Waals surface area contributed by atoms with E-state index in [1.165, 1.54) is 36.3 Å². The summed E-state index contributed by atoms with van der Waals surface area (Å²) in [5.41, 5.74) is 1.37. The first kappa shape index (κ1) is 20.0. The van der Waals surface area contributed by atoms with Crippen LogP contribution < -0.4 is 0 Å². The lowest BCUT2D eigenvalue weighted by Gasteiger charge is -2.03. The van der Waals surface area contributed by atoms with Crippen LogP contribution in [-0.4, -0.2) is 31.0 Å². The molecule has 0 bridgehead atoms. The average molecular weight is 443 g/mol. The van der Waals surface area contributed by atoms with Crippen LogP contribution in [0.5, 0.6) is 0 Å². The summed E-state index contributed by atoms with van der Waals surface area (Å²) >= 11 is 7.09. The van der Waals surface area contributed by atoms with Gasteiger partial charge < -0.3 is 9.52 Å². The maximum atomic E-state index is 13.3. The van der Waals surface area contributed by atoms with E-state index in [4.69, 9.17) is 16.0 Å². The molecule has 0 atom stereocenters. The maximum absolute atomic E-state index is 13.3. The van der Waals surface area contributed by atoms with E-state index in [2.05, 4.69) is 19.9 Å². The molecule has 0 fully saturated rings. The van der Waals surface area contributed by atoms with Crippen LogP contribution >= 0.6 is 23.4 Å². The number of aromatic nitrogens is 4. The fourth-order valence-corrected chi connectivity index (χ4v) is 3.49. The first-order valence-corrected chi connectivity index (χ1v) is 9.73. The summed E-state index contributed by atoms with van der Waals surface area (Å²) in [6.07, 6.45) is 2.83. The zero-order valence-electron chi connectivity index (χ0n) is 15.3. The number of aryl methyl sites for hydroxylation is 1. The quantitative estimate of drug-likeness (QED) is 0.453. The number of oxazole rings is 1. The molecule has 0 unspecified atom stereocenters. The highest BCUT2D eigenvalue weighted by Gasteiger charge is 2.21. The molecule has 4 aromatic rings. The van der Waals surface area contributed by atoms with Crippen LogP contribution in [0.25, 0.3) is 22.8 Å². The average Bonchev–Trinajstić information content (AvgIpc) is 3.13. The molecule has 0 aliphatic heterocycles. The van der Waals surface area contributed by atoms with Gasteiger partial charge in [0, 0.05) is 11.8 Å². The van der Waals surface area contributed by atoms with Gasteiger partial charge in [0.15, 0.2) is 10.8 Å². The summed E-state index contributed by atoms with van der Waals surface area (Å²) in [5, 5.41) is 10.7. The Labute approximate surface area is 179 Å². The van der Waals surface area contributed by atoms with Crippen LogP contribution in [0, 0.1) is 12.7 Å². The fourth-order valence-electron chi connectivity index (χ4n) is 2.58. The summed E-state index contributed by atoms with van der Waals surface area (Å²) in [4.78, 5) is 28.3. The standard InChI is InChI=1S/C20H12ClFN4O3S/c1-10-16(19(27)28)24-9-14(25-10)17-20(30-15-7-4-12(21)8-23-15)29-18(26-17)11-2-5-13(22)6-3-11/h2-9H,1H3,(H,27,28). The lowest BCUT2D eigenvalue weighted by molar-refractivity contribution is 0.0689. The summed E-state index contributed by atoms with van der Waals surface area (Å²) < 4.78 is 19.2. The monoisotopic (exact) mass is 442 g/mol. The molecule has 3 heterocycles. The third-order valence-corrected chi connectivity index (χ3v) is 5.11. The summed E-state index contributed by atoms with van der Waals surface area (Å²) in [6.45, 7) is 1.55. The van der Waals surface area contributed by atoms with Crippen LogP contribution in [0.3, 0.4) is 0 Å². The number of pyridine rings is 1. The molecule has 0 aliphatic rings. The van der Waals surface area contributed by atoms with Crippen LogP contribution in [0.4, 0.5) is 4.39 Å². The first-order valence-electron chi connectivity index (χ1n) is 8.54. The Morgan fingerprint density at radius 3 is 2.50 bits per heavy atom. The Morgan fingerprint density at radius 2 is 1.87 bits per heavy atom. The van der Waals surface area contributed by atoms with E-state index >= 15 is 0 Å². The fraction of sp³-hybridized carbons (Fsp3) is 0.0500. The van der Waals surface area contributed by atoms with Gasteiger partial charge >= 0.3 is 5.97 Å². The minimum Gasteiger partial charge on any atom is -0.476 e. The molecule has 0 saturated carbocycles. The molecule has 1 N–H and O–H groups in total. The van der Waals surface area contributed by atoms with Gasteiger partial charge in [0.05, 0.1) is 16.9 Å². The number of carboxylic acid groups (broad SMARTS) is 1. The van der Waals surface area contributed by atoms with Gasteiger partial charge in [-0.15, -0.1) is 0 Å². The highest BCUT2D eigenvalue weighted by Crippen LogP contribution is 2.38. The second-order valence-corrected chi connectivity index (χ2v) is 7.50. The molecule has 0 radical (unpaired) electrons. The van der Waals surface area contributed by atoms with E-state index < -0.39 is 5.97 Å². The second kappa shape index (κ2) is 8.21. The van der Waals surface area contributed by atoms with Crippen LogP contribution in [0.1, 0.15) is 16.2 Å². The van der Waals surface area contributed by atoms with Crippen molar-refractivity contribution in [2.75, 3.05) is 0 Å². The van der Waals surface area contributed by atoms with Crippen molar-refractivity contribution < 1.29 is 18.7 Å². The number of nitrogens with zero attached hydrogens (tertiary/aromatic N) is 4. The third-order valence-electron chi connectivity index (χ3n) is 3.98. The van der Waals surface area contributed by atoms with Crippen molar-refractivity contribution in [1.29, 1.82) is 0 Å². The Kier molecular flexibility index (Phi) is 5.47. The molecule has 0 aliphatic carbocycles. The first-order chi connectivity index (χ1) is 14.4. The number of carbonyl (C=O) groups is 1. The minimum absolute atomic E-state index is 0.144. The van der Waals surface area contributed by atoms with Crippen molar-refractivity contribution in [2.24, 2.45) is 0 Å². The Hall–Kier alpha value is -3.30. The van der Waals surface area contributed by atoms with Crippen LogP contribution in [0.15, 0.2) is 63.3 Å². The van der Waals surface area contributed by atoms with Gasteiger partial charge in [-0.25, -0.2) is 29.1 Å². The molecule has 10 heteroatoms. The largest absolute Gasteiger partial charge is 0.476 e. The molecular formula is C20H12ClFN4O3S. The number of hydrogen-bond donors (Lipinski definition) is 1. The predicted molar refractivity (Wildman–Crippen MR) is 108 cm³/mol. The molecule has 7 nitrogen and oxygen atoms in total. The van der Waals surface area contributed by atoms with Crippen molar-refractivity contribution in [3.63, 3.8) is 0 Å². The van der Waals surface area contributed by atoms with E-state index in [0.717, 1.165) is 0 Å². The zero-order chi connectivity index (χ0) is 21.3. The molecule has 150 valence electrons. The molecule has 30 heavy (non-hydrogen) atoms. The lowest BCUT2D eigenvalue weighted by Crippen LogP contribution is -2.06. The topological polar surface area (TPSA) is 102 Å². The van der Waals surface area contributed by atoms with Gasteiger partial charge in [0.25, 0.3) is 0 Å². The van der Waals surface area contributed by atoms with Crippen molar-refractivity contribution in [1.82, 2.24) is 19.9 Å². The lowest BCUT2D eigenvalue weighted by atomic mass is 10.2. The second-order valence-electron chi connectivity index (χ2n) is 6.07. The predicted octanol–water partition coefficient (Wildman–Crippen LogP) is 5.14. The van der Waals surface area contributed by atoms with E-state index in [9.17, 15) is 14.3 Å². The Morgan fingerprint density at radius 1 is 1.10 bits per heavy atom. The van der Waals surface area contributed by atoms with Crippen LogP contribution in [-0.2, 0) is 0 Å². The molecule has 4 rings (SSSR count). The number of hydrogen-bond acceptors (Lipinski definition) is 7. The molecule has 0 spiro atoms. The summed E-state index contributed by atoms with van der Waals surface area (Å²) in [7, 11) is 0. The van der Waals surface area contributed by atoms with Gasteiger partial charge in [0.2, 0.25) is 5.89 Å². The zero-order valence-corrected chi connectivity index (χ0v) is 16.9. The van der Waals surface area contributed by atoms with Crippen molar-refractivity contribution in [3.05, 3.63) is 71.0 Å². The molecule has 3 aromatic heterocycles. The number of carboxylic acids is 1. The SMILES string of the molecule is Cc1nc(-c2nc(-c3ccc(F)cc3)oc2Sc2ccc(Cl)cn2)cnc1C(=O)O. The van der Waals surface area contributed by atoms with Gasteiger partial charge in [-0.1, -0.05) is 11.6 Å². The number of halogens is 2. The van der Waals surface area contributed by atoms with Crippen LogP contribution in [0.2, 0.25) is 5.02 Å². The van der Waals surface area contributed by atoms with Gasteiger partial charge in [-0.2, -0.15) is 0 Å². The number of benzene rings is 1. The molecule has 1 aromatic carbocycles. The number of aromatic carboxylic acids is 1. The van der Waals surface area contributed by atoms with E-state index in [-0.39, 0.29) is 23.1 Å². The van der Waals surface area contributed by atoms with E-state index in [0.29, 0.717) is 32.1 Å². The van der Waals surface area contributed by atoms with Crippen molar-refractivity contribution in [3.8, 4) is 22.8 Å². The smallest absolute Gasteiger partial charge is 0.356 e. The molecular weight excluding hydrogens is 431 g/mol. The Bertz CT molecular complexity index is 1230. The summed E-state index contributed by atoms with van der Waals surface area (Å²) in [5.74, 6) is -1.29. The normalized spacial score (nSPS) is 10.9. The van der Waals surface area contributed by atoms with Gasteiger partial charge in [-0.3, -0.25) is 0 Å². The number of rotatable bonds is 5. The molecule has 0 amide bonds. The van der Waals surface area contributed by atoms with Crippen molar-refractivity contribution in [2.45, 2.75) is 17.0 Å². The Balaban J connectivity index is 1.80. The van der Waals surface area contributed by atoms with Crippen molar-refractivity contribution >= 4 is 29.3 Å². The van der Waals surface area contributed by atoms with E-state index in [1.807, 2.05) is 0 Å². The van der Waals surface area contributed by atoms with E-state index in [1.54, 1.807) is 31.2 Å². The highest BCUT2D eigenvalue weighted by atomic mass is 35.5. The third kappa shape index (κ3) is 4.17. The summed E-state index contributed by atoms with van der Waals surface area (Å²) in [6, 6.07) is 9.12. The van der Waals surface area contributed by atoms with Gasteiger partial charge in [0.1, 0.15) is 22.2 Å². The maximum Gasteiger partial charge on any atom is 0.356 e. The van der Waals surface area contributed by atoms with Gasteiger partial charge in [-0.05, 0) is 55.1 Å². The molecule has 0 saturated heterocycles.